The van der Waals surface area contributed by atoms with Gasteiger partial charge < -0.3 is 10.2 Å². The van der Waals surface area contributed by atoms with Gasteiger partial charge in [0.1, 0.15) is 6.04 Å². The molecule has 7 nitrogen and oxygen atoms in total. The van der Waals surface area contributed by atoms with Gasteiger partial charge in [0.2, 0.25) is 21.8 Å². The lowest BCUT2D eigenvalue weighted by molar-refractivity contribution is -0.140. The molecule has 2 aromatic carbocycles. The number of carbonyl (C=O) groups excluding carboxylic acids is 2. The van der Waals surface area contributed by atoms with Crippen molar-refractivity contribution in [3.63, 3.8) is 0 Å². The second-order valence-electron chi connectivity index (χ2n) is 9.62. The van der Waals surface area contributed by atoms with Crippen LogP contribution in [0.1, 0.15) is 50.3 Å². The Kier molecular flexibility index (Phi) is 10.8. The Labute approximate surface area is 220 Å². The van der Waals surface area contributed by atoms with Crippen molar-refractivity contribution in [3.05, 3.63) is 64.2 Å². The molecule has 0 spiro atoms. The van der Waals surface area contributed by atoms with Gasteiger partial charge in [-0.05, 0) is 68.0 Å². The lowest BCUT2D eigenvalue weighted by atomic mass is 10.1. The Bertz CT molecular complexity index is 1150. The lowest BCUT2D eigenvalue weighted by Crippen LogP contribution is -2.48. The van der Waals surface area contributed by atoms with E-state index in [1.165, 1.54) is 10.6 Å². The normalized spacial score (nSPS) is 12.3. The number of benzene rings is 2. The van der Waals surface area contributed by atoms with Gasteiger partial charge in [0, 0.05) is 31.1 Å². The molecule has 0 heterocycles. The molecule has 0 radical (unpaired) electrons. The standard InChI is InChI=1S/C27H38ClN3O4S/c1-19(2)17-29-27(33)22(5)30(18-23-12-14-24(28)15-13-23)26(32)11-8-16-31(36(6,34)35)25-10-7-9-20(3)21(25)4/h7,9-10,12-15,19,22H,8,11,16-18H2,1-6H3,(H,29,33)/t22-/m0/s1. The number of rotatable bonds is 12. The summed E-state index contributed by atoms with van der Waals surface area (Å²) in [5, 5.41) is 3.49. The quantitative estimate of drug-likeness (QED) is 0.427. The highest BCUT2D eigenvalue weighted by Gasteiger charge is 2.27. The highest BCUT2D eigenvalue weighted by Crippen LogP contribution is 2.25. The van der Waals surface area contributed by atoms with Crippen LogP contribution in [0.5, 0.6) is 0 Å². The minimum atomic E-state index is -3.54. The number of anilines is 1. The first-order valence-electron chi connectivity index (χ1n) is 12.2. The summed E-state index contributed by atoms with van der Waals surface area (Å²) in [6.07, 6.45) is 1.59. The lowest BCUT2D eigenvalue weighted by Gasteiger charge is -2.30. The number of hydrogen-bond donors (Lipinski definition) is 1. The van der Waals surface area contributed by atoms with E-state index < -0.39 is 16.1 Å². The number of halogens is 1. The van der Waals surface area contributed by atoms with Crippen LogP contribution in [0.4, 0.5) is 5.69 Å². The van der Waals surface area contributed by atoms with E-state index in [0.29, 0.717) is 23.7 Å². The van der Waals surface area contributed by atoms with Crippen molar-refractivity contribution in [3.8, 4) is 0 Å². The molecule has 0 aliphatic rings. The summed E-state index contributed by atoms with van der Waals surface area (Å²) < 4.78 is 26.5. The number of aryl methyl sites for hydroxylation is 1. The Morgan fingerprint density at radius 3 is 2.25 bits per heavy atom. The van der Waals surface area contributed by atoms with E-state index in [9.17, 15) is 18.0 Å². The van der Waals surface area contributed by atoms with E-state index in [1.807, 2.05) is 52.0 Å². The summed E-state index contributed by atoms with van der Waals surface area (Å²) >= 11 is 6.00. The van der Waals surface area contributed by atoms with Gasteiger partial charge in [-0.15, -0.1) is 0 Å². The van der Waals surface area contributed by atoms with Crippen LogP contribution in [0.3, 0.4) is 0 Å². The van der Waals surface area contributed by atoms with Crippen LogP contribution in [0.25, 0.3) is 0 Å². The van der Waals surface area contributed by atoms with E-state index in [2.05, 4.69) is 5.32 Å². The molecule has 9 heteroatoms. The second-order valence-corrected chi connectivity index (χ2v) is 12.0. The van der Waals surface area contributed by atoms with Gasteiger partial charge in [-0.3, -0.25) is 13.9 Å². The molecule has 0 aromatic heterocycles. The molecule has 36 heavy (non-hydrogen) atoms. The zero-order chi connectivity index (χ0) is 27.0. The molecule has 0 fully saturated rings. The van der Waals surface area contributed by atoms with E-state index >= 15 is 0 Å². The van der Waals surface area contributed by atoms with Gasteiger partial charge in [-0.2, -0.15) is 0 Å². The molecule has 198 valence electrons. The number of nitrogens with zero attached hydrogens (tertiary/aromatic N) is 2. The van der Waals surface area contributed by atoms with Crippen LogP contribution in [0, 0.1) is 19.8 Å². The van der Waals surface area contributed by atoms with E-state index in [0.717, 1.165) is 16.7 Å². The second kappa shape index (κ2) is 13.1. The first kappa shape index (κ1) is 29.6. The summed E-state index contributed by atoms with van der Waals surface area (Å²) in [6.45, 7) is 10.5. The topological polar surface area (TPSA) is 86.8 Å². The van der Waals surface area contributed by atoms with Crippen molar-refractivity contribution in [2.24, 2.45) is 5.92 Å². The van der Waals surface area contributed by atoms with Gasteiger partial charge in [0.15, 0.2) is 0 Å². The predicted octanol–water partition coefficient (Wildman–Crippen LogP) is 4.69. The minimum absolute atomic E-state index is 0.103. The van der Waals surface area contributed by atoms with E-state index in [4.69, 9.17) is 11.6 Å². The number of hydrogen-bond acceptors (Lipinski definition) is 4. The van der Waals surface area contributed by atoms with Crippen molar-refractivity contribution in [2.45, 2.75) is 60.0 Å². The van der Waals surface area contributed by atoms with E-state index in [-0.39, 0.29) is 37.2 Å². The van der Waals surface area contributed by atoms with Gasteiger partial charge in [0.05, 0.1) is 11.9 Å². The summed E-state index contributed by atoms with van der Waals surface area (Å²) in [5.74, 6) is -0.153. The summed E-state index contributed by atoms with van der Waals surface area (Å²) in [4.78, 5) is 27.7. The molecule has 1 N–H and O–H groups in total. The zero-order valence-electron chi connectivity index (χ0n) is 22.0. The van der Waals surface area contributed by atoms with Gasteiger partial charge in [-0.1, -0.05) is 49.7 Å². The van der Waals surface area contributed by atoms with Crippen molar-refractivity contribution in [1.82, 2.24) is 10.2 Å². The summed E-state index contributed by atoms with van der Waals surface area (Å²) in [5.41, 5.74) is 3.34. The maximum absolute atomic E-state index is 13.3. The highest BCUT2D eigenvalue weighted by atomic mass is 35.5. The Hall–Kier alpha value is -2.58. The van der Waals surface area contributed by atoms with Crippen molar-refractivity contribution >= 4 is 39.1 Å². The number of nitrogens with one attached hydrogen (secondary N) is 1. The minimum Gasteiger partial charge on any atom is -0.354 e. The van der Waals surface area contributed by atoms with Crippen LogP contribution in [-0.2, 0) is 26.2 Å². The first-order chi connectivity index (χ1) is 16.8. The van der Waals surface area contributed by atoms with Crippen molar-refractivity contribution in [2.75, 3.05) is 23.7 Å². The largest absolute Gasteiger partial charge is 0.354 e. The zero-order valence-corrected chi connectivity index (χ0v) is 23.6. The highest BCUT2D eigenvalue weighted by molar-refractivity contribution is 7.92. The van der Waals surface area contributed by atoms with Crippen LogP contribution in [0.2, 0.25) is 5.02 Å². The maximum atomic E-state index is 13.3. The molecule has 0 saturated heterocycles. The first-order valence-corrected chi connectivity index (χ1v) is 14.4. The molecular formula is C27H38ClN3O4S. The van der Waals surface area contributed by atoms with Crippen LogP contribution in [0.15, 0.2) is 42.5 Å². The fourth-order valence-electron chi connectivity index (χ4n) is 3.81. The molecule has 0 bridgehead atoms. The van der Waals surface area contributed by atoms with Gasteiger partial charge >= 0.3 is 0 Å². The average molecular weight is 536 g/mol. The molecule has 2 aromatic rings. The Morgan fingerprint density at radius 2 is 1.67 bits per heavy atom. The Balaban J connectivity index is 2.19. The molecule has 0 saturated carbocycles. The number of carbonyl (C=O) groups is 2. The fourth-order valence-corrected chi connectivity index (χ4v) is 4.95. The third-order valence-corrected chi connectivity index (χ3v) is 7.55. The third kappa shape index (κ3) is 8.52. The van der Waals surface area contributed by atoms with Gasteiger partial charge in [0.25, 0.3) is 0 Å². The van der Waals surface area contributed by atoms with E-state index in [1.54, 1.807) is 30.0 Å². The molecule has 2 amide bonds. The molecule has 1 atom stereocenters. The molecule has 0 unspecified atom stereocenters. The SMILES string of the molecule is Cc1cccc(N(CCCC(=O)N(Cc2ccc(Cl)cc2)[C@@H](C)C(=O)NCC(C)C)S(C)(=O)=O)c1C. The molecular weight excluding hydrogens is 498 g/mol. The van der Waals surface area contributed by atoms with Gasteiger partial charge in [-0.25, -0.2) is 8.42 Å². The molecule has 0 aliphatic carbocycles. The Morgan fingerprint density at radius 1 is 1.03 bits per heavy atom. The molecule has 0 aliphatic heterocycles. The maximum Gasteiger partial charge on any atom is 0.242 e. The van der Waals surface area contributed by atoms with Crippen LogP contribution < -0.4 is 9.62 Å². The summed E-state index contributed by atoms with van der Waals surface area (Å²) in [7, 11) is -3.54. The monoisotopic (exact) mass is 535 g/mol. The number of sulfonamides is 1. The van der Waals surface area contributed by atoms with Crippen LogP contribution >= 0.6 is 11.6 Å². The summed E-state index contributed by atoms with van der Waals surface area (Å²) in [6, 6.07) is 12.0. The fraction of sp³-hybridized carbons (Fsp3) is 0.481. The third-order valence-electron chi connectivity index (χ3n) is 6.11. The van der Waals surface area contributed by atoms with Crippen LogP contribution in [-0.4, -0.2) is 50.5 Å². The number of amides is 2. The average Bonchev–Trinajstić information content (AvgIpc) is 2.80. The smallest absolute Gasteiger partial charge is 0.242 e. The molecule has 2 rings (SSSR count). The van der Waals surface area contributed by atoms with Crippen molar-refractivity contribution < 1.29 is 18.0 Å². The van der Waals surface area contributed by atoms with Crippen molar-refractivity contribution in [1.29, 1.82) is 0 Å². The predicted molar refractivity (Wildman–Crippen MR) is 147 cm³/mol.